The van der Waals surface area contributed by atoms with E-state index in [2.05, 4.69) is 6.07 Å². The lowest BCUT2D eigenvalue weighted by Crippen LogP contribution is -2.35. The van der Waals surface area contributed by atoms with Crippen molar-refractivity contribution in [3.05, 3.63) is 87.9 Å². The van der Waals surface area contributed by atoms with E-state index < -0.39 is 5.91 Å². The van der Waals surface area contributed by atoms with Gasteiger partial charge < -0.3 is 10.6 Å². The van der Waals surface area contributed by atoms with Gasteiger partial charge in [0.2, 0.25) is 5.91 Å². The molecule has 1 aliphatic heterocycles. The van der Waals surface area contributed by atoms with Gasteiger partial charge in [-0.15, -0.1) is 0 Å². The lowest BCUT2D eigenvalue weighted by Gasteiger charge is -2.30. The van der Waals surface area contributed by atoms with Gasteiger partial charge in [-0.3, -0.25) is 9.59 Å². The smallest absolute Gasteiger partial charge is 0.258 e. The normalized spacial score (nSPS) is 13.1. The molecule has 2 amide bonds. The number of benzene rings is 3. The second-order valence-corrected chi connectivity index (χ2v) is 7.68. The summed E-state index contributed by atoms with van der Waals surface area (Å²) in [6, 6.07) is 18.6. The van der Waals surface area contributed by atoms with Crippen molar-refractivity contribution in [3.63, 3.8) is 0 Å². The summed E-state index contributed by atoms with van der Waals surface area (Å²) in [5.41, 5.74) is 11.2. The van der Waals surface area contributed by atoms with Crippen LogP contribution in [0.5, 0.6) is 0 Å². The number of fused-ring (bicyclic) bond motifs is 1. The van der Waals surface area contributed by atoms with E-state index in [1.54, 1.807) is 18.2 Å². The number of amides is 2. The maximum atomic E-state index is 13.2. The predicted octanol–water partition coefficient (Wildman–Crippen LogP) is 5.01. The van der Waals surface area contributed by atoms with Crippen LogP contribution in [0.25, 0.3) is 11.1 Å². The van der Waals surface area contributed by atoms with E-state index in [0.29, 0.717) is 17.1 Å². The maximum Gasteiger partial charge on any atom is 0.258 e. The van der Waals surface area contributed by atoms with Crippen LogP contribution >= 0.6 is 11.6 Å². The number of rotatable bonds is 3. The number of carbonyl (C=O) groups excluding carboxylic acids is 2. The monoisotopic (exact) mass is 404 g/mol. The van der Waals surface area contributed by atoms with Crippen molar-refractivity contribution >= 4 is 29.1 Å². The van der Waals surface area contributed by atoms with Gasteiger partial charge in [0.05, 0.1) is 0 Å². The SMILES string of the molecule is Cc1ccccc1C(=O)N1CCCc2cc(-c3cc(C(N)=O)ccc3Cl)ccc21. The van der Waals surface area contributed by atoms with Crippen molar-refractivity contribution in [1.82, 2.24) is 0 Å². The molecule has 0 bridgehead atoms. The first-order valence-corrected chi connectivity index (χ1v) is 9.93. The number of nitrogens with two attached hydrogens (primary N) is 1. The average molecular weight is 405 g/mol. The van der Waals surface area contributed by atoms with Crippen molar-refractivity contribution in [2.24, 2.45) is 5.73 Å². The quantitative estimate of drug-likeness (QED) is 0.667. The Kier molecular flexibility index (Phi) is 5.12. The predicted molar refractivity (Wildman–Crippen MR) is 117 cm³/mol. The summed E-state index contributed by atoms with van der Waals surface area (Å²) < 4.78 is 0. The number of hydrogen-bond acceptors (Lipinski definition) is 2. The molecule has 3 aromatic carbocycles. The van der Waals surface area contributed by atoms with Crippen LogP contribution < -0.4 is 10.6 Å². The molecule has 0 aliphatic carbocycles. The summed E-state index contributed by atoms with van der Waals surface area (Å²) in [7, 11) is 0. The zero-order valence-electron chi connectivity index (χ0n) is 16.1. The third kappa shape index (κ3) is 3.64. The van der Waals surface area contributed by atoms with Gasteiger partial charge in [-0.1, -0.05) is 35.9 Å². The number of anilines is 1. The average Bonchev–Trinajstić information content (AvgIpc) is 2.73. The first kappa shape index (κ1) is 19.2. The first-order chi connectivity index (χ1) is 14.0. The van der Waals surface area contributed by atoms with E-state index in [-0.39, 0.29) is 5.91 Å². The number of nitrogens with zero attached hydrogens (tertiary/aromatic N) is 1. The second kappa shape index (κ2) is 7.72. The third-order valence-corrected chi connectivity index (χ3v) is 5.71. The van der Waals surface area contributed by atoms with Crippen LogP contribution in [0.15, 0.2) is 60.7 Å². The van der Waals surface area contributed by atoms with Gasteiger partial charge in [-0.25, -0.2) is 0 Å². The highest BCUT2D eigenvalue weighted by molar-refractivity contribution is 6.33. The Morgan fingerprint density at radius 3 is 2.59 bits per heavy atom. The highest BCUT2D eigenvalue weighted by Gasteiger charge is 2.25. The Labute approximate surface area is 174 Å². The molecule has 0 unspecified atom stereocenters. The van der Waals surface area contributed by atoms with Crippen LogP contribution in [-0.4, -0.2) is 18.4 Å². The van der Waals surface area contributed by atoms with E-state index >= 15 is 0 Å². The molecule has 0 aromatic heterocycles. The summed E-state index contributed by atoms with van der Waals surface area (Å²) >= 11 is 6.38. The molecule has 29 heavy (non-hydrogen) atoms. The van der Waals surface area contributed by atoms with Gasteiger partial charge in [-0.2, -0.15) is 0 Å². The van der Waals surface area contributed by atoms with Crippen LogP contribution in [0, 0.1) is 6.92 Å². The minimum Gasteiger partial charge on any atom is -0.366 e. The minimum absolute atomic E-state index is 0.0190. The number of aryl methyl sites for hydroxylation is 2. The molecule has 1 aliphatic rings. The molecule has 4 nitrogen and oxygen atoms in total. The van der Waals surface area contributed by atoms with Gasteiger partial charge in [0.15, 0.2) is 0 Å². The topological polar surface area (TPSA) is 63.4 Å². The summed E-state index contributed by atoms with van der Waals surface area (Å²) in [5.74, 6) is -0.471. The fourth-order valence-electron chi connectivity index (χ4n) is 3.83. The van der Waals surface area contributed by atoms with E-state index in [1.165, 1.54) is 0 Å². The standard InChI is InChI=1S/C24H21ClN2O2/c1-15-5-2-3-7-19(15)24(29)27-12-4-6-17-13-16(9-11-22(17)27)20-14-18(23(26)28)8-10-21(20)25/h2-3,5,7-11,13-14H,4,6,12H2,1H3,(H2,26,28). The summed E-state index contributed by atoms with van der Waals surface area (Å²) in [6.07, 6.45) is 1.77. The Balaban J connectivity index is 1.73. The molecular weight excluding hydrogens is 384 g/mol. The molecule has 0 saturated heterocycles. The lowest BCUT2D eigenvalue weighted by molar-refractivity contribution is 0.0981. The van der Waals surface area contributed by atoms with Crippen molar-refractivity contribution in [1.29, 1.82) is 0 Å². The van der Waals surface area contributed by atoms with Crippen LogP contribution in [0.2, 0.25) is 5.02 Å². The Morgan fingerprint density at radius 2 is 1.83 bits per heavy atom. The minimum atomic E-state index is -0.490. The van der Waals surface area contributed by atoms with Crippen molar-refractivity contribution < 1.29 is 9.59 Å². The summed E-state index contributed by atoms with van der Waals surface area (Å²) in [6.45, 7) is 2.65. The number of primary amides is 1. The van der Waals surface area contributed by atoms with Crippen LogP contribution in [0.1, 0.15) is 38.3 Å². The van der Waals surface area contributed by atoms with Gasteiger partial charge in [0.1, 0.15) is 0 Å². The Morgan fingerprint density at radius 1 is 1.03 bits per heavy atom. The highest BCUT2D eigenvalue weighted by atomic mass is 35.5. The number of carbonyl (C=O) groups is 2. The molecule has 4 rings (SSSR count). The molecular formula is C24H21ClN2O2. The van der Waals surface area contributed by atoms with Gasteiger partial charge in [0, 0.05) is 33.9 Å². The summed E-state index contributed by atoms with van der Waals surface area (Å²) in [4.78, 5) is 26.6. The Hall–Kier alpha value is -3.11. The molecule has 0 fully saturated rings. The van der Waals surface area contributed by atoms with Crippen LogP contribution in [-0.2, 0) is 6.42 Å². The van der Waals surface area contributed by atoms with E-state index in [9.17, 15) is 9.59 Å². The number of halogens is 1. The Bertz CT molecular complexity index is 1120. The maximum absolute atomic E-state index is 13.2. The van der Waals surface area contributed by atoms with Crippen molar-refractivity contribution in [2.75, 3.05) is 11.4 Å². The third-order valence-electron chi connectivity index (χ3n) is 5.38. The molecule has 1 heterocycles. The second-order valence-electron chi connectivity index (χ2n) is 7.28. The number of hydrogen-bond donors (Lipinski definition) is 1. The van der Waals surface area contributed by atoms with Gasteiger partial charge in [0.25, 0.3) is 5.91 Å². The van der Waals surface area contributed by atoms with E-state index in [4.69, 9.17) is 17.3 Å². The molecule has 0 radical (unpaired) electrons. The zero-order valence-corrected chi connectivity index (χ0v) is 16.9. The van der Waals surface area contributed by atoms with E-state index in [0.717, 1.165) is 46.3 Å². The fraction of sp³-hybridized carbons (Fsp3) is 0.167. The highest BCUT2D eigenvalue weighted by Crippen LogP contribution is 2.35. The largest absolute Gasteiger partial charge is 0.366 e. The van der Waals surface area contributed by atoms with Crippen LogP contribution in [0.4, 0.5) is 5.69 Å². The molecule has 0 atom stereocenters. The van der Waals surface area contributed by atoms with Gasteiger partial charge in [-0.05, 0) is 72.9 Å². The lowest BCUT2D eigenvalue weighted by atomic mass is 9.94. The summed E-state index contributed by atoms with van der Waals surface area (Å²) in [5, 5.41) is 0.554. The molecule has 5 heteroatoms. The molecule has 0 saturated carbocycles. The molecule has 2 N–H and O–H groups in total. The van der Waals surface area contributed by atoms with Gasteiger partial charge >= 0.3 is 0 Å². The molecule has 3 aromatic rings. The van der Waals surface area contributed by atoms with Crippen LogP contribution in [0.3, 0.4) is 0 Å². The molecule has 146 valence electrons. The zero-order chi connectivity index (χ0) is 20.5. The van der Waals surface area contributed by atoms with Crippen molar-refractivity contribution in [3.8, 4) is 11.1 Å². The fourth-order valence-corrected chi connectivity index (χ4v) is 4.06. The van der Waals surface area contributed by atoms with Crippen molar-refractivity contribution in [2.45, 2.75) is 19.8 Å². The molecule has 0 spiro atoms. The van der Waals surface area contributed by atoms with E-state index in [1.807, 2.05) is 48.2 Å². The first-order valence-electron chi connectivity index (χ1n) is 9.56.